The summed E-state index contributed by atoms with van der Waals surface area (Å²) in [6.07, 6.45) is 27.5. The van der Waals surface area contributed by atoms with Crippen LogP contribution in [-0.2, 0) is 0 Å². The third-order valence-electron chi connectivity index (χ3n) is 9.02. The summed E-state index contributed by atoms with van der Waals surface area (Å²) in [5.41, 5.74) is 4.15. The summed E-state index contributed by atoms with van der Waals surface area (Å²) in [4.78, 5) is 14.0. The van der Waals surface area contributed by atoms with Crippen molar-refractivity contribution in [2.24, 2.45) is 0 Å². The number of benzene rings is 2. The minimum absolute atomic E-state index is 0.189. The number of ketones is 1. The predicted octanol–water partition coefficient (Wildman–Crippen LogP) is 14.3. The number of rotatable bonds is 28. The Hall–Kier alpha value is -1.19. The molecule has 0 N–H and O–H groups in total. The standard InChI is InChI=1S/C41H66OS2/c1-5-7-9-11-13-15-17-19-21-27-33-43-35(3)37-29-23-25-31-39(37)41(42)40-32-26-24-30-38(40)36(4)44-34-28-22-20-18-16-14-12-10-8-6-2/h23-26,29-32,35-36H,5-22,27-28,33-34H2,1-4H3. The van der Waals surface area contributed by atoms with Gasteiger partial charge in [-0.15, -0.1) is 0 Å². The average Bonchev–Trinajstić information content (AvgIpc) is 3.05. The predicted molar refractivity (Wildman–Crippen MR) is 202 cm³/mol. The first kappa shape index (κ1) is 39.0. The quantitative estimate of drug-likeness (QED) is 0.0682. The van der Waals surface area contributed by atoms with Gasteiger partial charge in [-0.25, -0.2) is 0 Å². The fraction of sp³-hybridized carbons (Fsp3) is 0.683. The van der Waals surface area contributed by atoms with Crippen LogP contribution in [0.5, 0.6) is 0 Å². The molecule has 2 aromatic carbocycles. The third-order valence-corrected chi connectivity index (χ3v) is 11.6. The molecule has 2 atom stereocenters. The van der Waals surface area contributed by atoms with Gasteiger partial charge in [0.25, 0.3) is 0 Å². The van der Waals surface area contributed by atoms with E-state index in [1.54, 1.807) is 0 Å². The van der Waals surface area contributed by atoms with Gasteiger partial charge in [-0.2, -0.15) is 23.5 Å². The van der Waals surface area contributed by atoms with E-state index in [0.29, 0.717) is 10.5 Å². The lowest BCUT2D eigenvalue weighted by atomic mass is 9.93. The molecule has 1 nitrogen and oxygen atoms in total. The fourth-order valence-corrected chi connectivity index (χ4v) is 8.36. The van der Waals surface area contributed by atoms with Gasteiger partial charge in [-0.3, -0.25) is 4.79 Å². The average molecular weight is 639 g/mol. The van der Waals surface area contributed by atoms with E-state index in [0.717, 1.165) is 11.1 Å². The summed E-state index contributed by atoms with van der Waals surface area (Å²) in [7, 11) is 0. The lowest BCUT2D eigenvalue weighted by Crippen LogP contribution is -2.10. The molecule has 0 spiro atoms. The van der Waals surface area contributed by atoms with Crippen molar-refractivity contribution in [1.82, 2.24) is 0 Å². The maximum absolute atomic E-state index is 14.0. The van der Waals surface area contributed by atoms with Crippen molar-refractivity contribution in [3.05, 3.63) is 70.8 Å². The molecule has 0 fully saturated rings. The zero-order valence-electron chi connectivity index (χ0n) is 29.1. The molecule has 2 rings (SSSR count). The molecule has 0 aliphatic carbocycles. The smallest absolute Gasteiger partial charge is 0.193 e. The first-order valence-corrected chi connectivity index (χ1v) is 20.7. The van der Waals surface area contributed by atoms with Crippen LogP contribution < -0.4 is 0 Å². The van der Waals surface area contributed by atoms with Crippen LogP contribution in [0.2, 0.25) is 0 Å². The number of carbonyl (C=O) groups excluding carboxylic acids is 1. The molecule has 2 unspecified atom stereocenters. The Kier molecular flexibility index (Phi) is 23.0. The number of carbonyl (C=O) groups is 1. The highest BCUT2D eigenvalue weighted by Crippen LogP contribution is 2.36. The summed E-state index contributed by atoms with van der Waals surface area (Å²) in [6, 6.07) is 16.7. The van der Waals surface area contributed by atoms with Crippen molar-refractivity contribution < 1.29 is 4.79 Å². The lowest BCUT2D eigenvalue weighted by molar-refractivity contribution is 0.103. The van der Waals surface area contributed by atoms with E-state index in [2.05, 4.69) is 52.0 Å². The van der Waals surface area contributed by atoms with Crippen molar-refractivity contribution in [2.45, 2.75) is 167 Å². The Morgan fingerprint density at radius 3 is 1.11 bits per heavy atom. The topological polar surface area (TPSA) is 17.1 Å². The van der Waals surface area contributed by atoms with Crippen LogP contribution in [0.1, 0.15) is 194 Å². The Bertz CT molecular complexity index is 909. The number of thioether (sulfide) groups is 2. The normalized spacial score (nSPS) is 12.8. The zero-order chi connectivity index (χ0) is 31.7. The number of unbranched alkanes of at least 4 members (excludes halogenated alkanes) is 18. The van der Waals surface area contributed by atoms with Crippen LogP contribution in [0.3, 0.4) is 0 Å². The van der Waals surface area contributed by atoms with Crippen molar-refractivity contribution in [1.29, 1.82) is 0 Å². The first-order valence-electron chi connectivity index (χ1n) is 18.6. The van der Waals surface area contributed by atoms with Gasteiger partial charge >= 0.3 is 0 Å². The molecule has 0 heterocycles. The zero-order valence-corrected chi connectivity index (χ0v) is 30.7. The van der Waals surface area contributed by atoms with Gasteiger partial charge in [-0.05, 0) is 49.3 Å². The van der Waals surface area contributed by atoms with E-state index in [1.807, 2.05) is 47.8 Å². The van der Waals surface area contributed by atoms with Crippen LogP contribution >= 0.6 is 23.5 Å². The molecule has 2 aromatic rings. The van der Waals surface area contributed by atoms with Crippen LogP contribution in [0.15, 0.2) is 48.5 Å². The molecule has 0 aliphatic heterocycles. The molecule has 248 valence electrons. The summed E-state index contributed by atoms with van der Waals surface area (Å²) in [5.74, 6) is 2.53. The largest absolute Gasteiger partial charge is 0.289 e. The van der Waals surface area contributed by atoms with E-state index in [-0.39, 0.29) is 5.78 Å². The fourth-order valence-electron chi connectivity index (χ4n) is 6.14. The third kappa shape index (κ3) is 16.4. The summed E-state index contributed by atoms with van der Waals surface area (Å²) < 4.78 is 0. The van der Waals surface area contributed by atoms with E-state index in [1.165, 1.54) is 151 Å². The van der Waals surface area contributed by atoms with Crippen molar-refractivity contribution >= 4 is 29.3 Å². The molecule has 0 aromatic heterocycles. The Labute approximate surface area is 281 Å². The summed E-state index contributed by atoms with van der Waals surface area (Å²) in [5, 5.41) is 0.646. The van der Waals surface area contributed by atoms with Gasteiger partial charge in [-0.1, -0.05) is 178 Å². The highest BCUT2D eigenvalue weighted by molar-refractivity contribution is 7.99. The maximum Gasteiger partial charge on any atom is 0.193 e. The van der Waals surface area contributed by atoms with Crippen molar-refractivity contribution in [3.63, 3.8) is 0 Å². The van der Waals surface area contributed by atoms with Gasteiger partial charge < -0.3 is 0 Å². The Morgan fingerprint density at radius 1 is 0.477 bits per heavy atom. The Balaban J connectivity index is 1.78. The molecule has 0 bridgehead atoms. The number of hydrogen-bond donors (Lipinski definition) is 0. The molecule has 3 heteroatoms. The van der Waals surface area contributed by atoms with E-state index >= 15 is 0 Å². The second-order valence-corrected chi connectivity index (χ2v) is 15.8. The molecule has 0 saturated carbocycles. The van der Waals surface area contributed by atoms with Gasteiger partial charge in [0.05, 0.1) is 0 Å². The van der Waals surface area contributed by atoms with Crippen molar-refractivity contribution in [3.8, 4) is 0 Å². The number of hydrogen-bond acceptors (Lipinski definition) is 3. The molecule has 44 heavy (non-hydrogen) atoms. The molecular weight excluding hydrogens is 573 g/mol. The highest BCUT2D eigenvalue weighted by Gasteiger charge is 2.21. The van der Waals surface area contributed by atoms with Crippen molar-refractivity contribution in [2.75, 3.05) is 11.5 Å². The molecule has 0 radical (unpaired) electrons. The summed E-state index contributed by atoms with van der Waals surface area (Å²) >= 11 is 4.02. The monoisotopic (exact) mass is 638 g/mol. The van der Waals surface area contributed by atoms with Gasteiger partial charge in [0.15, 0.2) is 5.78 Å². The first-order chi connectivity index (χ1) is 21.6. The summed E-state index contributed by atoms with van der Waals surface area (Å²) in [6.45, 7) is 9.14. The van der Waals surface area contributed by atoms with Crippen LogP contribution in [-0.4, -0.2) is 17.3 Å². The van der Waals surface area contributed by atoms with E-state index in [9.17, 15) is 4.79 Å². The minimum atomic E-state index is 0.189. The SMILES string of the molecule is CCCCCCCCCCCCSC(C)c1ccccc1C(=O)c1ccccc1C(C)SCCCCCCCCCCCC. The van der Waals surface area contributed by atoms with Gasteiger partial charge in [0.1, 0.15) is 0 Å². The lowest BCUT2D eigenvalue weighted by Gasteiger charge is -2.19. The van der Waals surface area contributed by atoms with Gasteiger partial charge in [0, 0.05) is 21.6 Å². The van der Waals surface area contributed by atoms with Gasteiger partial charge in [0.2, 0.25) is 0 Å². The minimum Gasteiger partial charge on any atom is -0.289 e. The molecule has 0 aliphatic rings. The van der Waals surface area contributed by atoms with E-state index in [4.69, 9.17) is 0 Å². The molecule has 0 amide bonds. The molecule has 0 saturated heterocycles. The van der Waals surface area contributed by atoms with Crippen LogP contribution in [0.4, 0.5) is 0 Å². The van der Waals surface area contributed by atoms with E-state index < -0.39 is 0 Å². The van der Waals surface area contributed by atoms with Crippen LogP contribution in [0.25, 0.3) is 0 Å². The highest BCUT2D eigenvalue weighted by atomic mass is 32.2. The second kappa shape index (κ2) is 25.9. The maximum atomic E-state index is 14.0. The molecular formula is C41H66OS2. The Morgan fingerprint density at radius 2 is 0.773 bits per heavy atom. The van der Waals surface area contributed by atoms with Crippen LogP contribution in [0, 0.1) is 0 Å². The second-order valence-electron chi connectivity index (χ2n) is 12.9.